The van der Waals surface area contributed by atoms with E-state index < -0.39 is 0 Å². The third-order valence-corrected chi connectivity index (χ3v) is 6.02. The molecule has 28 heavy (non-hydrogen) atoms. The summed E-state index contributed by atoms with van der Waals surface area (Å²) in [4.78, 5) is 15.3. The first kappa shape index (κ1) is 19.1. The summed E-state index contributed by atoms with van der Waals surface area (Å²) in [7, 11) is 0. The smallest absolute Gasteiger partial charge is 0.273 e. The first-order valence-electron chi connectivity index (χ1n) is 10.3. The summed E-state index contributed by atoms with van der Waals surface area (Å²) in [5.74, 6) is -0.165. The van der Waals surface area contributed by atoms with E-state index >= 15 is 0 Å². The molecule has 0 bridgehead atoms. The maximum atomic E-state index is 12.7. The molecule has 150 valence electrons. The van der Waals surface area contributed by atoms with Gasteiger partial charge < -0.3 is 10.1 Å². The van der Waals surface area contributed by atoms with E-state index in [0.29, 0.717) is 12.2 Å². The highest BCUT2D eigenvalue weighted by Crippen LogP contribution is 2.30. The molecule has 1 aromatic carbocycles. The number of likely N-dealkylation sites (tertiary alicyclic amines) is 1. The fourth-order valence-electron chi connectivity index (χ4n) is 4.32. The zero-order chi connectivity index (χ0) is 19.4. The lowest BCUT2D eigenvalue weighted by Gasteiger charge is -2.48. The predicted molar refractivity (Wildman–Crippen MR) is 107 cm³/mol. The topological polar surface area (TPSA) is 72.3 Å². The first-order valence-corrected chi connectivity index (χ1v) is 10.3. The Morgan fingerprint density at radius 2 is 2.00 bits per heavy atom. The molecule has 3 heterocycles. The van der Waals surface area contributed by atoms with Crippen molar-refractivity contribution in [3.8, 4) is 5.69 Å². The van der Waals surface area contributed by atoms with Crippen LogP contribution in [0.5, 0.6) is 0 Å². The summed E-state index contributed by atoms with van der Waals surface area (Å²) in [5.41, 5.74) is 2.39. The summed E-state index contributed by atoms with van der Waals surface area (Å²) in [6.45, 7) is 6.40. The summed E-state index contributed by atoms with van der Waals surface area (Å²) < 4.78 is 7.25. The van der Waals surface area contributed by atoms with E-state index in [1.54, 1.807) is 10.9 Å². The standard InChI is InChI=1S/C21H29N5O2/c1-17-6-5-7-18(14-17)26-15-19(23-24-26)20(27)22-16-21(8-12-28-13-9-21)25-10-3-2-4-11-25/h5-7,14-15H,2-4,8-13,16H2,1H3,(H,22,27). The van der Waals surface area contributed by atoms with E-state index in [0.717, 1.165) is 50.4 Å². The van der Waals surface area contributed by atoms with Gasteiger partial charge in [0, 0.05) is 25.3 Å². The number of benzene rings is 1. The average molecular weight is 383 g/mol. The van der Waals surface area contributed by atoms with Gasteiger partial charge in [-0.3, -0.25) is 9.69 Å². The van der Waals surface area contributed by atoms with Gasteiger partial charge in [0.25, 0.3) is 5.91 Å². The second-order valence-electron chi connectivity index (χ2n) is 7.95. The number of piperidine rings is 1. The number of hydrogen-bond acceptors (Lipinski definition) is 5. The lowest BCUT2D eigenvalue weighted by molar-refractivity contribution is -0.0349. The highest BCUT2D eigenvalue weighted by atomic mass is 16.5. The average Bonchev–Trinajstić information content (AvgIpc) is 3.24. The molecular weight excluding hydrogens is 354 g/mol. The van der Waals surface area contributed by atoms with Crippen molar-refractivity contribution in [2.24, 2.45) is 0 Å². The minimum absolute atomic E-state index is 0.000860. The molecule has 2 saturated heterocycles. The molecule has 7 heteroatoms. The number of aromatic nitrogens is 3. The number of rotatable bonds is 5. The van der Waals surface area contributed by atoms with Crippen LogP contribution in [0.3, 0.4) is 0 Å². The van der Waals surface area contributed by atoms with Gasteiger partial charge in [0.1, 0.15) is 0 Å². The lowest BCUT2D eigenvalue weighted by Crippen LogP contribution is -2.59. The van der Waals surface area contributed by atoms with E-state index in [1.807, 2.05) is 31.2 Å². The zero-order valence-electron chi connectivity index (χ0n) is 16.6. The van der Waals surface area contributed by atoms with E-state index in [9.17, 15) is 4.79 Å². The number of nitrogens with zero attached hydrogens (tertiary/aromatic N) is 4. The van der Waals surface area contributed by atoms with Crippen LogP contribution < -0.4 is 5.32 Å². The van der Waals surface area contributed by atoms with Crippen molar-refractivity contribution in [2.75, 3.05) is 32.8 Å². The van der Waals surface area contributed by atoms with Crippen molar-refractivity contribution in [3.05, 3.63) is 41.7 Å². The molecule has 0 unspecified atom stereocenters. The van der Waals surface area contributed by atoms with E-state index in [2.05, 4.69) is 20.5 Å². The van der Waals surface area contributed by atoms with Crippen molar-refractivity contribution in [3.63, 3.8) is 0 Å². The molecule has 1 amide bonds. The van der Waals surface area contributed by atoms with Crippen molar-refractivity contribution < 1.29 is 9.53 Å². The molecule has 4 rings (SSSR count). The maximum Gasteiger partial charge on any atom is 0.273 e. The van der Waals surface area contributed by atoms with Crippen LogP contribution >= 0.6 is 0 Å². The minimum atomic E-state index is -0.165. The predicted octanol–water partition coefficient (Wildman–Crippen LogP) is 2.34. The van der Waals surface area contributed by atoms with Gasteiger partial charge >= 0.3 is 0 Å². The second kappa shape index (κ2) is 8.41. The van der Waals surface area contributed by atoms with Crippen molar-refractivity contribution in [1.29, 1.82) is 0 Å². The van der Waals surface area contributed by atoms with Crippen LogP contribution in [0.25, 0.3) is 5.69 Å². The highest BCUT2D eigenvalue weighted by Gasteiger charge is 2.39. The van der Waals surface area contributed by atoms with E-state index in [-0.39, 0.29) is 11.4 Å². The van der Waals surface area contributed by atoms with Gasteiger partial charge in [-0.15, -0.1) is 5.10 Å². The Morgan fingerprint density at radius 3 is 2.75 bits per heavy atom. The Kier molecular flexibility index (Phi) is 5.73. The molecule has 7 nitrogen and oxygen atoms in total. The third kappa shape index (κ3) is 4.10. The van der Waals surface area contributed by atoms with Crippen LogP contribution in [0.15, 0.2) is 30.5 Å². The number of ether oxygens (including phenoxy) is 1. The van der Waals surface area contributed by atoms with Crippen molar-refractivity contribution in [1.82, 2.24) is 25.2 Å². The Hall–Kier alpha value is -2.25. The molecule has 0 aliphatic carbocycles. The van der Waals surface area contributed by atoms with Crippen LogP contribution in [0, 0.1) is 6.92 Å². The van der Waals surface area contributed by atoms with Gasteiger partial charge in [-0.25, -0.2) is 4.68 Å². The summed E-state index contributed by atoms with van der Waals surface area (Å²) in [6.07, 6.45) is 7.40. The van der Waals surface area contributed by atoms with Gasteiger partial charge in [-0.2, -0.15) is 0 Å². The monoisotopic (exact) mass is 383 g/mol. The number of nitrogens with one attached hydrogen (secondary N) is 1. The van der Waals surface area contributed by atoms with Gasteiger partial charge in [-0.05, 0) is 63.4 Å². The molecule has 1 N–H and O–H groups in total. The molecule has 2 aliphatic heterocycles. The second-order valence-corrected chi connectivity index (χ2v) is 7.95. The Morgan fingerprint density at radius 1 is 1.21 bits per heavy atom. The number of amides is 1. The zero-order valence-corrected chi connectivity index (χ0v) is 16.6. The molecule has 1 aromatic heterocycles. The van der Waals surface area contributed by atoms with Gasteiger partial charge in [0.05, 0.1) is 11.9 Å². The van der Waals surface area contributed by atoms with Gasteiger partial charge in [0.15, 0.2) is 5.69 Å². The van der Waals surface area contributed by atoms with E-state index in [1.165, 1.54) is 19.3 Å². The van der Waals surface area contributed by atoms with Crippen LogP contribution in [0.2, 0.25) is 0 Å². The van der Waals surface area contributed by atoms with Crippen LogP contribution in [-0.2, 0) is 4.74 Å². The normalized spacial score (nSPS) is 20.0. The van der Waals surface area contributed by atoms with Crippen molar-refractivity contribution in [2.45, 2.75) is 44.6 Å². The molecule has 0 atom stereocenters. The van der Waals surface area contributed by atoms with E-state index in [4.69, 9.17) is 4.74 Å². The summed E-state index contributed by atoms with van der Waals surface area (Å²) in [6, 6.07) is 7.97. The largest absolute Gasteiger partial charge is 0.381 e. The molecule has 2 aromatic rings. The summed E-state index contributed by atoms with van der Waals surface area (Å²) in [5, 5.41) is 11.3. The number of carbonyl (C=O) groups excluding carboxylic acids is 1. The molecule has 0 spiro atoms. The molecule has 0 radical (unpaired) electrons. The molecule has 2 aliphatic rings. The molecule has 2 fully saturated rings. The fraction of sp³-hybridized carbons (Fsp3) is 0.571. The maximum absolute atomic E-state index is 12.7. The fourth-order valence-corrected chi connectivity index (χ4v) is 4.32. The van der Waals surface area contributed by atoms with Gasteiger partial charge in [0.2, 0.25) is 0 Å². The Bertz CT molecular complexity index is 807. The highest BCUT2D eigenvalue weighted by molar-refractivity contribution is 5.92. The third-order valence-electron chi connectivity index (χ3n) is 6.02. The molecular formula is C21H29N5O2. The Labute approximate surface area is 166 Å². The lowest BCUT2D eigenvalue weighted by atomic mass is 9.86. The number of aryl methyl sites for hydroxylation is 1. The number of hydrogen-bond donors (Lipinski definition) is 1. The molecule has 0 saturated carbocycles. The minimum Gasteiger partial charge on any atom is -0.381 e. The van der Waals surface area contributed by atoms with Crippen molar-refractivity contribution >= 4 is 5.91 Å². The summed E-state index contributed by atoms with van der Waals surface area (Å²) >= 11 is 0. The first-order chi connectivity index (χ1) is 13.7. The Balaban J connectivity index is 1.44. The SMILES string of the molecule is Cc1cccc(-n2cc(C(=O)NCC3(N4CCCCC4)CCOCC3)nn2)c1. The van der Waals surface area contributed by atoms with Gasteiger partial charge in [-0.1, -0.05) is 23.8 Å². The van der Waals surface area contributed by atoms with Crippen LogP contribution in [0.1, 0.15) is 48.2 Å². The number of carbonyl (C=O) groups is 1. The van der Waals surface area contributed by atoms with Crippen LogP contribution in [-0.4, -0.2) is 64.2 Å². The quantitative estimate of drug-likeness (QED) is 0.858. The van der Waals surface area contributed by atoms with Crippen LogP contribution in [0.4, 0.5) is 0 Å².